The van der Waals surface area contributed by atoms with Crippen LogP contribution in [0.2, 0.25) is 0 Å². The molecule has 0 spiro atoms. The summed E-state index contributed by atoms with van der Waals surface area (Å²) >= 11 is 0. The van der Waals surface area contributed by atoms with Crippen molar-refractivity contribution in [3.05, 3.63) is 83.2 Å². The lowest BCUT2D eigenvalue weighted by molar-refractivity contribution is 0.0964. The molecule has 0 radical (unpaired) electrons. The highest BCUT2D eigenvalue weighted by Gasteiger charge is 2.34. The quantitative estimate of drug-likeness (QED) is 0.318. The summed E-state index contributed by atoms with van der Waals surface area (Å²) in [4.78, 5) is 13.0. The number of sulfonamides is 2. The molecule has 1 saturated heterocycles. The van der Waals surface area contributed by atoms with Crippen molar-refractivity contribution in [2.75, 3.05) is 37.7 Å². The van der Waals surface area contributed by atoms with Gasteiger partial charge in [0.1, 0.15) is 17.2 Å². The molecule has 1 aliphatic rings. The number of carbonyl (C=O) groups is 1. The molecule has 0 unspecified atom stereocenters. The third-order valence-corrected chi connectivity index (χ3v) is 10.8. The molecule has 12 heteroatoms. The molecule has 1 aliphatic heterocycles. The maximum atomic E-state index is 13.9. The third kappa shape index (κ3) is 5.53. The average Bonchev–Trinajstić information content (AvgIpc) is 3.34. The van der Waals surface area contributed by atoms with E-state index in [-0.39, 0.29) is 23.9 Å². The molecule has 0 saturated carbocycles. The van der Waals surface area contributed by atoms with E-state index >= 15 is 0 Å². The molecule has 1 atom stereocenters. The summed E-state index contributed by atoms with van der Waals surface area (Å²) in [5.74, 6) is -1.11. The number of benzene rings is 3. The van der Waals surface area contributed by atoms with Crippen molar-refractivity contribution in [1.82, 2.24) is 9.62 Å². The smallest absolute Gasteiger partial charge is 0.255 e. The Bertz CT molecular complexity index is 1890. The largest absolute Gasteiger partial charge is 0.455 e. The molecule has 0 bridgehead atoms. The number of amides is 1. The highest BCUT2D eigenvalue weighted by molar-refractivity contribution is 7.92. The number of fused-ring (bicyclic) bond motifs is 1. The van der Waals surface area contributed by atoms with Crippen LogP contribution in [0.25, 0.3) is 22.3 Å². The first kappa shape index (κ1) is 29.7. The van der Waals surface area contributed by atoms with Gasteiger partial charge in [-0.2, -0.15) is 4.31 Å². The molecular formula is C30H32FN3O6S2. The van der Waals surface area contributed by atoms with Crippen molar-refractivity contribution in [1.29, 1.82) is 0 Å². The zero-order valence-corrected chi connectivity index (χ0v) is 25.4. The number of piperidine rings is 1. The third-order valence-electron chi connectivity index (χ3n) is 7.70. The van der Waals surface area contributed by atoms with Crippen LogP contribution in [0.3, 0.4) is 0 Å². The number of nitrogens with zero attached hydrogens (tertiary/aromatic N) is 2. The van der Waals surface area contributed by atoms with Crippen molar-refractivity contribution in [2.45, 2.75) is 30.6 Å². The van der Waals surface area contributed by atoms with Gasteiger partial charge in [-0.3, -0.25) is 9.10 Å². The average molecular weight is 614 g/mol. The Morgan fingerprint density at radius 3 is 2.43 bits per heavy atom. The maximum absolute atomic E-state index is 13.9. The monoisotopic (exact) mass is 613 g/mol. The molecule has 1 amide bonds. The van der Waals surface area contributed by atoms with Gasteiger partial charge in [-0.05, 0) is 55.5 Å². The Morgan fingerprint density at radius 2 is 1.79 bits per heavy atom. The fourth-order valence-corrected chi connectivity index (χ4v) is 7.45. The Kier molecular flexibility index (Phi) is 7.90. The van der Waals surface area contributed by atoms with Gasteiger partial charge < -0.3 is 9.73 Å². The Morgan fingerprint density at radius 1 is 1.07 bits per heavy atom. The molecule has 1 N–H and O–H groups in total. The number of anilines is 1. The van der Waals surface area contributed by atoms with Crippen LogP contribution in [0.15, 0.2) is 70.0 Å². The minimum Gasteiger partial charge on any atom is -0.455 e. The number of nitrogens with one attached hydrogen (secondary N) is 1. The zero-order chi connectivity index (χ0) is 30.4. The van der Waals surface area contributed by atoms with Gasteiger partial charge in [0.15, 0.2) is 0 Å². The Balaban J connectivity index is 1.68. The van der Waals surface area contributed by atoms with E-state index in [9.17, 15) is 26.0 Å². The van der Waals surface area contributed by atoms with E-state index in [0.29, 0.717) is 51.9 Å². The number of hydrogen-bond acceptors (Lipinski definition) is 6. The number of carbonyl (C=O) groups excluding carboxylic acids is 1. The molecule has 42 heavy (non-hydrogen) atoms. The molecule has 5 rings (SSSR count). The first-order chi connectivity index (χ1) is 19.8. The predicted molar refractivity (Wildman–Crippen MR) is 160 cm³/mol. The molecule has 3 aromatic carbocycles. The highest BCUT2D eigenvalue weighted by Crippen LogP contribution is 2.42. The zero-order valence-electron chi connectivity index (χ0n) is 23.7. The van der Waals surface area contributed by atoms with Crippen LogP contribution < -0.4 is 9.62 Å². The first-order valence-corrected chi connectivity index (χ1v) is 16.7. The van der Waals surface area contributed by atoms with Crippen LogP contribution in [-0.2, 0) is 20.0 Å². The van der Waals surface area contributed by atoms with E-state index in [0.717, 1.165) is 22.2 Å². The minimum atomic E-state index is -4.01. The van der Waals surface area contributed by atoms with Gasteiger partial charge >= 0.3 is 0 Å². The van der Waals surface area contributed by atoms with E-state index in [2.05, 4.69) is 5.32 Å². The molecule has 4 aromatic rings. The van der Waals surface area contributed by atoms with Gasteiger partial charge in [0.25, 0.3) is 5.91 Å². The van der Waals surface area contributed by atoms with Gasteiger partial charge in [-0.1, -0.05) is 35.9 Å². The second kappa shape index (κ2) is 11.2. The predicted octanol–water partition coefficient (Wildman–Crippen LogP) is 4.87. The van der Waals surface area contributed by atoms with Crippen LogP contribution >= 0.6 is 0 Å². The summed E-state index contributed by atoms with van der Waals surface area (Å²) in [5, 5.41) is 3.15. The van der Waals surface area contributed by atoms with Crippen molar-refractivity contribution < 1.29 is 30.4 Å². The summed E-state index contributed by atoms with van der Waals surface area (Å²) in [5.41, 5.74) is 3.22. The van der Waals surface area contributed by atoms with E-state index in [1.165, 1.54) is 36.6 Å². The van der Waals surface area contributed by atoms with Crippen LogP contribution in [0, 0.1) is 12.7 Å². The second-order valence-corrected chi connectivity index (χ2v) is 14.5. The first-order valence-electron chi connectivity index (χ1n) is 13.4. The lowest BCUT2D eigenvalue weighted by Gasteiger charge is -2.34. The summed E-state index contributed by atoms with van der Waals surface area (Å²) in [6.07, 6.45) is 2.16. The molecule has 222 valence electrons. The molecule has 1 fully saturated rings. The normalized spacial score (nSPS) is 16.5. The molecule has 0 aliphatic carbocycles. The van der Waals surface area contributed by atoms with Crippen molar-refractivity contribution in [3.63, 3.8) is 0 Å². The fourth-order valence-electron chi connectivity index (χ4n) is 5.38. The minimum absolute atomic E-state index is 0.0485. The van der Waals surface area contributed by atoms with Gasteiger partial charge in [0, 0.05) is 44.2 Å². The van der Waals surface area contributed by atoms with Gasteiger partial charge in [0.05, 0.1) is 22.4 Å². The molecule has 2 heterocycles. The molecule has 9 nitrogen and oxygen atoms in total. The molecule has 1 aromatic heterocycles. The van der Waals surface area contributed by atoms with Crippen LogP contribution in [0.5, 0.6) is 0 Å². The summed E-state index contributed by atoms with van der Waals surface area (Å²) in [7, 11) is -4.79. The van der Waals surface area contributed by atoms with E-state index in [4.69, 9.17) is 4.42 Å². The lowest BCUT2D eigenvalue weighted by atomic mass is 9.89. The van der Waals surface area contributed by atoms with Crippen LogP contribution in [0.4, 0.5) is 10.1 Å². The number of rotatable bonds is 7. The fraction of sp³-hybridized carbons (Fsp3) is 0.300. The van der Waals surface area contributed by atoms with Crippen LogP contribution in [-0.4, -0.2) is 60.5 Å². The topological polar surface area (TPSA) is 117 Å². The Hall–Kier alpha value is -3.74. The SMILES string of the molecule is CNC(=O)c1c(-c2ccc(C)cc2)oc2cc(N(C)S(C)(=O)=O)c([C@@H]3CCCN(S(=O)(=O)c4cccc(F)c4)C3)cc12. The van der Waals surface area contributed by atoms with Crippen molar-refractivity contribution in [3.8, 4) is 11.3 Å². The van der Waals surface area contributed by atoms with Gasteiger partial charge in [0.2, 0.25) is 20.0 Å². The molecular weight excluding hydrogens is 581 g/mol. The Labute approximate surface area is 245 Å². The summed E-state index contributed by atoms with van der Waals surface area (Å²) in [6, 6.07) is 15.7. The van der Waals surface area contributed by atoms with Crippen LogP contribution in [0.1, 0.15) is 40.2 Å². The maximum Gasteiger partial charge on any atom is 0.255 e. The summed E-state index contributed by atoms with van der Waals surface area (Å²) in [6.45, 7) is 2.23. The van der Waals surface area contributed by atoms with Gasteiger partial charge in [-0.25, -0.2) is 21.2 Å². The lowest BCUT2D eigenvalue weighted by Crippen LogP contribution is -2.39. The highest BCUT2D eigenvalue weighted by atomic mass is 32.2. The van der Waals surface area contributed by atoms with Gasteiger partial charge in [-0.15, -0.1) is 0 Å². The number of furan rings is 1. The second-order valence-electron chi connectivity index (χ2n) is 10.5. The summed E-state index contributed by atoms with van der Waals surface area (Å²) < 4.78 is 74.9. The van der Waals surface area contributed by atoms with E-state index in [1.807, 2.05) is 31.2 Å². The van der Waals surface area contributed by atoms with E-state index < -0.39 is 31.8 Å². The van der Waals surface area contributed by atoms with Crippen molar-refractivity contribution in [2.24, 2.45) is 0 Å². The standard InChI is InChI=1S/C30H32FN3O6S2/c1-19-10-12-20(13-11-19)29-28(30(35)32-2)25-16-24(26(17-27(25)40-29)33(3)41(4,36)37)21-7-6-14-34(18-21)42(38,39)23-9-5-8-22(31)15-23/h5,8-13,15-17,21H,6-7,14,18H2,1-4H3,(H,32,35)/t21-/m1/s1. The number of hydrogen-bond donors (Lipinski definition) is 1. The van der Waals surface area contributed by atoms with E-state index in [1.54, 1.807) is 12.1 Å². The number of halogens is 1. The number of aryl methyl sites for hydroxylation is 1. The van der Waals surface area contributed by atoms with Crippen molar-refractivity contribution >= 4 is 42.6 Å².